The number of nitrogens with zero attached hydrogens (tertiary/aromatic N) is 14. The van der Waals surface area contributed by atoms with Crippen LogP contribution in [0.25, 0.3) is 68.3 Å². The largest absolute Gasteiger partial charge is 2.00 e. The van der Waals surface area contributed by atoms with Crippen LogP contribution in [-0.4, -0.2) is 49.9 Å². The minimum absolute atomic E-state index is 0. The van der Waals surface area contributed by atoms with Gasteiger partial charge in [0.1, 0.15) is 5.69 Å². The van der Waals surface area contributed by atoms with E-state index in [2.05, 4.69) is 50.1 Å². The molecule has 9 rings (SSSR count). The molecule has 0 spiro atoms. The van der Waals surface area contributed by atoms with Crippen LogP contribution in [-0.2, 0) is 39.0 Å². The smallest absolute Gasteiger partial charge is 0.567 e. The molecule has 9 aromatic heterocycles. The molecular formula is C49H39F18N14O2P3Ru2. The quantitative estimate of drug-likeness (QED) is 0.0473. The molecule has 39 heteroatoms. The molecule has 0 radical (unpaired) electrons. The first-order valence-electron chi connectivity index (χ1n) is 22.5. The topological polar surface area (TPSA) is 245 Å². The maximum Gasteiger partial charge on any atom is 2.00 e. The normalized spacial score (nSPS) is 12.3. The fourth-order valence-electron chi connectivity index (χ4n) is 5.33. The van der Waals surface area contributed by atoms with Crippen molar-refractivity contribution >= 4 is 29.1 Å². The first kappa shape index (κ1) is 81.6. The molecule has 474 valence electrons. The molecule has 0 aliphatic carbocycles. The zero-order valence-electron chi connectivity index (χ0n) is 44.3. The fourth-order valence-corrected chi connectivity index (χ4v) is 5.33. The summed E-state index contributed by atoms with van der Waals surface area (Å²) in [6, 6.07) is 50.4. The third kappa shape index (κ3) is 45.0. The van der Waals surface area contributed by atoms with Gasteiger partial charge in [0.15, 0.2) is 0 Å². The van der Waals surface area contributed by atoms with Crippen LogP contribution in [0.5, 0.6) is 0 Å². The average molecular weight is 1490 g/mol. The van der Waals surface area contributed by atoms with E-state index in [0.717, 1.165) is 45.6 Å². The van der Waals surface area contributed by atoms with Gasteiger partial charge in [-0.05, 0) is 103 Å². The van der Waals surface area contributed by atoms with E-state index in [-0.39, 0.29) is 56.0 Å². The minimum Gasteiger partial charge on any atom is -0.567 e. The molecule has 0 amide bonds. The predicted octanol–water partition coefficient (Wildman–Crippen LogP) is 20.2. The van der Waals surface area contributed by atoms with Crippen LogP contribution >= 0.6 is 23.4 Å². The Balaban J connectivity index is 0. The third-order valence-corrected chi connectivity index (χ3v) is 7.90. The summed E-state index contributed by atoms with van der Waals surface area (Å²) in [6.45, 7) is 4.29. The second-order valence-electron chi connectivity index (χ2n) is 15.2. The SMILES string of the molecule is CC#N.CC#N.CC#N.F[P-](F)(F)(F)(F)F.F[P-](F)(F)(F)(F)F.F[P-](F)(F)(F)(F)F.O=[N+]([O-])c1c(-c2ccccn2)n[n-]c1-c1ccccn1.[Ru+2].[Ru+2].c1ccc(-c2cccc(-c3ccccn3)n2)nc1.c1ccc(-c2cccc(-c3ccccn3)n2)nc1. The first-order valence-corrected chi connectivity index (χ1v) is 28.5. The van der Waals surface area contributed by atoms with E-state index < -0.39 is 28.3 Å². The Hall–Kier alpha value is -8.44. The predicted molar refractivity (Wildman–Crippen MR) is 287 cm³/mol. The van der Waals surface area contributed by atoms with E-state index in [1.807, 2.05) is 109 Å². The van der Waals surface area contributed by atoms with Crippen LogP contribution < -0.4 is 5.10 Å². The summed E-state index contributed by atoms with van der Waals surface area (Å²) in [6.07, 6.45) is 10.2. The van der Waals surface area contributed by atoms with Crippen molar-refractivity contribution in [2.75, 3.05) is 0 Å². The van der Waals surface area contributed by atoms with Gasteiger partial charge < -0.3 is 10.2 Å². The summed E-state index contributed by atoms with van der Waals surface area (Å²) in [5.41, 5.74) is 7.86. The monoisotopic (exact) mass is 1490 g/mol. The van der Waals surface area contributed by atoms with Crippen molar-refractivity contribution in [3.63, 3.8) is 0 Å². The molecular weight excluding hydrogens is 1450 g/mol. The molecule has 16 nitrogen and oxygen atoms in total. The van der Waals surface area contributed by atoms with Gasteiger partial charge in [-0.3, -0.25) is 40.0 Å². The van der Waals surface area contributed by atoms with Gasteiger partial charge in [0.2, 0.25) is 0 Å². The molecule has 0 aliphatic rings. The maximum absolute atomic E-state index is 11.3. The molecule has 0 saturated heterocycles. The number of rotatable bonds is 7. The first-order chi connectivity index (χ1) is 39.2. The summed E-state index contributed by atoms with van der Waals surface area (Å²) in [5, 5.41) is 41.1. The Bertz CT molecular complexity index is 3270. The Morgan fingerprint density at radius 1 is 0.364 bits per heavy atom. The van der Waals surface area contributed by atoms with Crippen molar-refractivity contribution in [3.05, 3.63) is 193 Å². The standard InChI is InChI=1S/2C15H11N3.C13H8N5O2.3C2H3N.3F6P.2Ru/c2*1-3-10-16-12(6-1)14-8-5-9-15(18-14)13-7-2-4-11-17-13;19-18(20)13-11(9-5-1-3-7-14-9)16-17-12(13)10-6-2-4-8-15-10;3*1-2-3;3*1-7(2,3,4,5)6;;/h2*1-11H;1-8H;3*1H3;;;;;/q;;-1;;;;3*-1;2*+2. The van der Waals surface area contributed by atoms with E-state index in [9.17, 15) is 85.7 Å². The van der Waals surface area contributed by atoms with Crippen LogP contribution in [0.1, 0.15) is 20.8 Å². The van der Waals surface area contributed by atoms with E-state index in [1.165, 1.54) is 20.8 Å². The second kappa shape index (κ2) is 32.0. The third-order valence-electron chi connectivity index (χ3n) is 7.90. The van der Waals surface area contributed by atoms with Gasteiger partial charge in [0.25, 0.3) is 5.69 Å². The van der Waals surface area contributed by atoms with E-state index >= 15 is 0 Å². The van der Waals surface area contributed by atoms with Gasteiger partial charge in [-0.2, -0.15) is 15.8 Å². The maximum atomic E-state index is 11.3. The molecule has 9 aromatic rings. The van der Waals surface area contributed by atoms with Crippen molar-refractivity contribution < 1.29 is 119 Å². The Morgan fingerprint density at radius 2 is 0.557 bits per heavy atom. The number of hydrogen-bond donors (Lipinski definition) is 0. The van der Waals surface area contributed by atoms with Gasteiger partial charge in [0, 0.05) is 58.0 Å². The summed E-state index contributed by atoms with van der Waals surface area (Å²) in [7, 11) is -32.0. The van der Waals surface area contributed by atoms with E-state index in [0.29, 0.717) is 11.4 Å². The zero-order chi connectivity index (χ0) is 65.7. The second-order valence-corrected chi connectivity index (χ2v) is 20.9. The number of nitro groups is 1. The number of hydrogen-bond acceptors (Lipinski definition) is 14. The van der Waals surface area contributed by atoms with Gasteiger partial charge >= 0.3 is 138 Å². The van der Waals surface area contributed by atoms with E-state index in [4.69, 9.17) is 15.8 Å². The molecule has 0 unspecified atom stereocenters. The summed E-state index contributed by atoms with van der Waals surface area (Å²) >= 11 is 0. The van der Waals surface area contributed by atoms with E-state index in [1.54, 1.807) is 91.8 Å². The van der Waals surface area contributed by atoms with Crippen molar-refractivity contribution in [2.24, 2.45) is 0 Å². The average Bonchev–Trinajstić information content (AvgIpc) is 3.87. The Labute approximate surface area is 512 Å². The van der Waals surface area contributed by atoms with Crippen molar-refractivity contribution in [2.45, 2.75) is 20.8 Å². The summed E-state index contributed by atoms with van der Waals surface area (Å²) < 4.78 is 178. The van der Waals surface area contributed by atoms with Gasteiger partial charge in [-0.1, -0.05) is 48.5 Å². The molecule has 0 N–H and O–H groups in total. The number of aromatic nitrogens is 10. The number of pyridine rings is 8. The van der Waals surface area contributed by atoms with Crippen LogP contribution in [0.4, 0.5) is 81.2 Å². The van der Waals surface area contributed by atoms with Crippen LogP contribution in [0.15, 0.2) is 183 Å². The summed E-state index contributed by atoms with van der Waals surface area (Å²) in [5.74, 6) is 0. The molecule has 88 heavy (non-hydrogen) atoms. The zero-order valence-corrected chi connectivity index (χ0v) is 50.4. The van der Waals surface area contributed by atoms with Crippen LogP contribution in [0.3, 0.4) is 0 Å². The molecule has 0 aliphatic heterocycles. The minimum atomic E-state index is -10.7. The molecule has 0 saturated carbocycles. The Morgan fingerprint density at radius 3 is 0.750 bits per heavy atom. The number of halogens is 18. The van der Waals surface area contributed by atoms with Crippen molar-refractivity contribution in [3.8, 4) is 86.5 Å². The van der Waals surface area contributed by atoms with Gasteiger partial charge in [-0.25, -0.2) is 9.97 Å². The van der Waals surface area contributed by atoms with Crippen molar-refractivity contribution in [1.82, 2.24) is 50.1 Å². The van der Waals surface area contributed by atoms with Gasteiger partial charge in [0.05, 0.1) is 80.1 Å². The summed E-state index contributed by atoms with van der Waals surface area (Å²) in [4.78, 5) is 45.3. The molecule has 0 bridgehead atoms. The van der Waals surface area contributed by atoms with Crippen molar-refractivity contribution in [1.29, 1.82) is 15.8 Å². The number of nitriles is 3. The van der Waals surface area contributed by atoms with Crippen LogP contribution in [0, 0.1) is 44.1 Å². The molecule has 0 aromatic carbocycles. The molecule has 0 atom stereocenters. The van der Waals surface area contributed by atoms with Crippen LogP contribution in [0.2, 0.25) is 0 Å². The van der Waals surface area contributed by atoms with Gasteiger partial charge in [-0.15, -0.1) is 0 Å². The molecule has 0 fully saturated rings. The fraction of sp³-hybridized carbons (Fsp3) is 0.0612. The Kier molecular flexibility index (Phi) is 29.7. The molecule has 9 heterocycles.